The third kappa shape index (κ3) is 6.64. The van der Waals surface area contributed by atoms with E-state index in [0.29, 0.717) is 6.61 Å². The van der Waals surface area contributed by atoms with Gasteiger partial charge in [-0.2, -0.15) is 0 Å². The molecular formula is C16H29NO5. The maximum absolute atomic E-state index is 12.0. The molecule has 1 aliphatic rings. The van der Waals surface area contributed by atoms with Crippen LogP contribution in [0.2, 0.25) is 0 Å². The molecule has 6 nitrogen and oxygen atoms in total. The first kappa shape index (κ1) is 18.7. The third-order valence-corrected chi connectivity index (χ3v) is 3.73. The summed E-state index contributed by atoms with van der Waals surface area (Å²) in [5, 5.41) is 9.32. The fourth-order valence-corrected chi connectivity index (χ4v) is 2.52. The van der Waals surface area contributed by atoms with Crippen LogP contribution in [0.1, 0.15) is 59.3 Å². The molecule has 0 aromatic heterocycles. The number of carboxylic acid groups (broad SMARTS) is 1. The molecule has 22 heavy (non-hydrogen) atoms. The van der Waals surface area contributed by atoms with Crippen molar-refractivity contribution in [2.45, 2.75) is 77.0 Å². The molecular weight excluding hydrogens is 286 g/mol. The van der Waals surface area contributed by atoms with Crippen LogP contribution in [0.3, 0.4) is 0 Å². The quantitative estimate of drug-likeness (QED) is 0.815. The molecule has 0 aromatic rings. The van der Waals surface area contributed by atoms with E-state index in [1.165, 1.54) is 26.3 Å². The largest absolute Gasteiger partial charge is 0.480 e. The molecule has 0 bridgehead atoms. The third-order valence-electron chi connectivity index (χ3n) is 3.73. The van der Waals surface area contributed by atoms with Crippen molar-refractivity contribution in [3.8, 4) is 0 Å². The van der Waals surface area contributed by atoms with Gasteiger partial charge >= 0.3 is 12.1 Å². The van der Waals surface area contributed by atoms with Gasteiger partial charge in [-0.05, 0) is 33.6 Å². The molecule has 128 valence electrons. The molecule has 1 aliphatic carbocycles. The van der Waals surface area contributed by atoms with E-state index in [0.717, 1.165) is 17.7 Å². The number of hydrogen-bond acceptors (Lipinski definition) is 4. The van der Waals surface area contributed by atoms with Gasteiger partial charge in [-0.3, -0.25) is 4.90 Å². The Balaban J connectivity index is 2.46. The van der Waals surface area contributed by atoms with Crippen LogP contribution >= 0.6 is 0 Å². The molecule has 0 radical (unpaired) electrons. The lowest BCUT2D eigenvalue weighted by molar-refractivity contribution is -0.143. The average Bonchev–Trinajstić information content (AvgIpc) is 2.42. The van der Waals surface area contributed by atoms with Crippen LogP contribution in [0.15, 0.2) is 0 Å². The first-order chi connectivity index (χ1) is 10.2. The van der Waals surface area contributed by atoms with Crippen LogP contribution in [0.25, 0.3) is 0 Å². The highest BCUT2D eigenvalue weighted by atomic mass is 16.6. The Hall–Kier alpha value is -1.30. The number of carbonyl (C=O) groups excluding carboxylic acids is 1. The molecule has 6 heteroatoms. The molecule has 1 N–H and O–H groups in total. The summed E-state index contributed by atoms with van der Waals surface area (Å²) in [5.74, 6) is -1.04. The van der Waals surface area contributed by atoms with Crippen LogP contribution in [-0.4, -0.2) is 53.5 Å². The number of hydrogen-bond donors (Lipinski definition) is 1. The van der Waals surface area contributed by atoms with Crippen molar-refractivity contribution in [3.63, 3.8) is 0 Å². The van der Waals surface area contributed by atoms with Crippen molar-refractivity contribution in [1.29, 1.82) is 0 Å². The maximum Gasteiger partial charge on any atom is 0.410 e. The predicted octanol–water partition coefficient (Wildman–Crippen LogP) is 3.05. The van der Waals surface area contributed by atoms with E-state index in [4.69, 9.17) is 9.47 Å². The molecule has 0 aliphatic heterocycles. The van der Waals surface area contributed by atoms with Crippen molar-refractivity contribution in [2.75, 3.05) is 13.7 Å². The zero-order valence-corrected chi connectivity index (χ0v) is 14.1. The van der Waals surface area contributed by atoms with Crippen LogP contribution in [-0.2, 0) is 14.3 Å². The van der Waals surface area contributed by atoms with E-state index in [1.54, 1.807) is 20.8 Å². The van der Waals surface area contributed by atoms with Crippen molar-refractivity contribution in [1.82, 2.24) is 4.90 Å². The lowest BCUT2D eigenvalue weighted by Gasteiger charge is -2.29. The molecule has 0 aromatic carbocycles. The topological polar surface area (TPSA) is 76.1 Å². The Bertz CT molecular complexity index is 371. The van der Waals surface area contributed by atoms with E-state index in [-0.39, 0.29) is 12.5 Å². The Kier molecular flexibility index (Phi) is 7.13. The number of ether oxygens (including phenoxy) is 2. The zero-order valence-electron chi connectivity index (χ0n) is 14.1. The molecule has 0 unspecified atom stereocenters. The summed E-state index contributed by atoms with van der Waals surface area (Å²) in [4.78, 5) is 24.5. The SMILES string of the molecule is CN(C(=O)OC(C)(C)C)[C@H](CCOC1CCCCC1)C(=O)O. The normalized spacial score (nSPS) is 17.8. The second kappa shape index (κ2) is 8.36. The Morgan fingerprint density at radius 1 is 1.23 bits per heavy atom. The second-order valence-electron chi connectivity index (χ2n) is 6.86. The molecule has 1 fully saturated rings. The number of amides is 1. The van der Waals surface area contributed by atoms with Gasteiger partial charge in [-0.25, -0.2) is 9.59 Å². The van der Waals surface area contributed by atoms with Gasteiger partial charge in [0.05, 0.1) is 6.10 Å². The van der Waals surface area contributed by atoms with Crippen molar-refractivity contribution < 1.29 is 24.2 Å². The lowest BCUT2D eigenvalue weighted by atomic mass is 9.98. The summed E-state index contributed by atoms with van der Waals surface area (Å²) in [6.07, 6.45) is 5.54. The summed E-state index contributed by atoms with van der Waals surface area (Å²) < 4.78 is 11.0. The van der Waals surface area contributed by atoms with Gasteiger partial charge in [-0.15, -0.1) is 0 Å². The van der Waals surface area contributed by atoms with Crippen LogP contribution < -0.4 is 0 Å². The van der Waals surface area contributed by atoms with E-state index in [9.17, 15) is 14.7 Å². The van der Waals surface area contributed by atoms with E-state index < -0.39 is 23.7 Å². The summed E-state index contributed by atoms with van der Waals surface area (Å²) in [7, 11) is 1.45. The van der Waals surface area contributed by atoms with Crippen LogP contribution in [0, 0.1) is 0 Å². The van der Waals surface area contributed by atoms with Gasteiger partial charge in [0.1, 0.15) is 11.6 Å². The minimum atomic E-state index is -1.04. The molecule has 1 rings (SSSR count). The number of carbonyl (C=O) groups is 2. The monoisotopic (exact) mass is 315 g/mol. The number of rotatable bonds is 6. The smallest absolute Gasteiger partial charge is 0.410 e. The lowest BCUT2D eigenvalue weighted by Crippen LogP contribution is -2.45. The standard InChI is InChI=1S/C16H29NO5/c1-16(2,3)22-15(20)17(4)13(14(18)19)10-11-21-12-8-6-5-7-9-12/h12-13H,5-11H2,1-4H3,(H,18,19)/t13-/m1/s1. The molecule has 0 heterocycles. The highest BCUT2D eigenvalue weighted by Crippen LogP contribution is 2.21. The van der Waals surface area contributed by atoms with E-state index in [1.807, 2.05) is 0 Å². The van der Waals surface area contributed by atoms with Crippen molar-refractivity contribution in [3.05, 3.63) is 0 Å². The number of aliphatic carboxylic acids is 1. The van der Waals surface area contributed by atoms with Crippen molar-refractivity contribution >= 4 is 12.1 Å². The minimum Gasteiger partial charge on any atom is -0.480 e. The number of carboxylic acids is 1. The highest BCUT2D eigenvalue weighted by Gasteiger charge is 2.30. The zero-order chi connectivity index (χ0) is 16.8. The molecule has 1 atom stereocenters. The summed E-state index contributed by atoms with van der Waals surface area (Å²) >= 11 is 0. The fourth-order valence-electron chi connectivity index (χ4n) is 2.52. The number of nitrogens with zero attached hydrogens (tertiary/aromatic N) is 1. The van der Waals surface area contributed by atoms with Gasteiger partial charge in [0.15, 0.2) is 0 Å². The van der Waals surface area contributed by atoms with Gasteiger partial charge in [-0.1, -0.05) is 19.3 Å². The van der Waals surface area contributed by atoms with Gasteiger partial charge < -0.3 is 14.6 Å². The van der Waals surface area contributed by atoms with Gasteiger partial charge in [0.25, 0.3) is 0 Å². The summed E-state index contributed by atoms with van der Waals surface area (Å²) in [6.45, 7) is 5.59. The highest BCUT2D eigenvalue weighted by molar-refractivity contribution is 5.79. The number of likely N-dealkylation sites (N-methyl/N-ethyl adjacent to an activating group) is 1. The summed E-state index contributed by atoms with van der Waals surface area (Å²) in [6, 6.07) is -0.932. The van der Waals surface area contributed by atoms with Gasteiger partial charge in [0, 0.05) is 20.1 Å². The Morgan fingerprint density at radius 2 is 1.82 bits per heavy atom. The molecule has 0 spiro atoms. The molecule has 1 saturated carbocycles. The van der Waals surface area contributed by atoms with Gasteiger partial charge in [0.2, 0.25) is 0 Å². The van der Waals surface area contributed by atoms with E-state index in [2.05, 4.69) is 0 Å². The first-order valence-electron chi connectivity index (χ1n) is 8.01. The Labute approximate surface area is 132 Å². The maximum atomic E-state index is 12.0. The van der Waals surface area contributed by atoms with Crippen LogP contribution in [0.4, 0.5) is 4.79 Å². The minimum absolute atomic E-state index is 0.232. The fraction of sp³-hybridized carbons (Fsp3) is 0.875. The predicted molar refractivity (Wildman–Crippen MR) is 82.9 cm³/mol. The summed E-state index contributed by atoms with van der Waals surface area (Å²) in [5.41, 5.74) is -0.646. The molecule has 1 amide bonds. The van der Waals surface area contributed by atoms with Crippen molar-refractivity contribution in [2.24, 2.45) is 0 Å². The average molecular weight is 315 g/mol. The Morgan fingerprint density at radius 3 is 2.32 bits per heavy atom. The van der Waals surface area contributed by atoms with Crippen LogP contribution in [0.5, 0.6) is 0 Å². The molecule has 0 saturated heterocycles. The van der Waals surface area contributed by atoms with E-state index >= 15 is 0 Å². The first-order valence-corrected chi connectivity index (χ1v) is 8.01. The second-order valence-corrected chi connectivity index (χ2v) is 6.86.